The second-order valence-electron chi connectivity index (χ2n) is 6.17. The molecule has 6 heteroatoms. The van der Waals surface area contributed by atoms with Gasteiger partial charge in [0.15, 0.2) is 0 Å². The van der Waals surface area contributed by atoms with Gasteiger partial charge < -0.3 is 14.6 Å². The normalized spacial score (nSPS) is 15.5. The molecule has 0 bridgehead atoms. The number of rotatable bonds is 3. The molecule has 128 valence electrons. The van der Waals surface area contributed by atoms with Crippen LogP contribution < -0.4 is 4.74 Å². The Morgan fingerprint density at radius 2 is 1.92 bits per heavy atom. The standard InChI is InChI=1S/C19H18ClN3O2/c20-13-4-6-14(7-5-13)25-15-8-10-23(11-9-15)19(24)16-2-1-3-17-18(16)22-12-21-17/h1-7,12,15H,8-11H2,(H,21,22). The van der Waals surface area contributed by atoms with E-state index in [-0.39, 0.29) is 12.0 Å². The molecule has 0 aliphatic carbocycles. The Hall–Kier alpha value is -2.53. The maximum absolute atomic E-state index is 12.8. The van der Waals surface area contributed by atoms with Gasteiger partial charge in [0.1, 0.15) is 17.4 Å². The van der Waals surface area contributed by atoms with Crippen LogP contribution in [0.3, 0.4) is 0 Å². The molecule has 5 nitrogen and oxygen atoms in total. The lowest BCUT2D eigenvalue weighted by Crippen LogP contribution is -2.41. The van der Waals surface area contributed by atoms with E-state index in [0.29, 0.717) is 23.7 Å². The number of hydrogen-bond donors (Lipinski definition) is 1. The largest absolute Gasteiger partial charge is 0.490 e. The van der Waals surface area contributed by atoms with Crippen LogP contribution >= 0.6 is 11.6 Å². The summed E-state index contributed by atoms with van der Waals surface area (Å²) in [6, 6.07) is 13.0. The summed E-state index contributed by atoms with van der Waals surface area (Å²) >= 11 is 5.89. The highest BCUT2D eigenvalue weighted by molar-refractivity contribution is 6.30. The molecule has 4 rings (SSSR count). The molecule has 0 saturated carbocycles. The molecule has 1 aliphatic heterocycles. The van der Waals surface area contributed by atoms with Gasteiger partial charge in [-0.2, -0.15) is 0 Å². The van der Waals surface area contributed by atoms with Gasteiger partial charge in [0, 0.05) is 31.0 Å². The zero-order valence-electron chi connectivity index (χ0n) is 13.6. The van der Waals surface area contributed by atoms with E-state index < -0.39 is 0 Å². The highest BCUT2D eigenvalue weighted by Gasteiger charge is 2.26. The molecule has 25 heavy (non-hydrogen) atoms. The van der Waals surface area contributed by atoms with Crippen LogP contribution in [0.1, 0.15) is 23.2 Å². The summed E-state index contributed by atoms with van der Waals surface area (Å²) in [6.07, 6.45) is 3.36. The Kier molecular flexibility index (Phi) is 4.32. The number of ether oxygens (including phenoxy) is 1. The minimum Gasteiger partial charge on any atom is -0.490 e. The van der Waals surface area contributed by atoms with E-state index in [1.807, 2.05) is 47.4 Å². The summed E-state index contributed by atoms with van der Waals surface area (Å²) in [5.74, 6) is 0.845. The van der Waals surface area contributed by atoms with E-state index in [2.05, 4.69) is 9.97 Å². The number of likely N-dealkylation sites (tertiary alicyclic amines) is 1. The first-order chi connectivity index (χ1) is 12.2. The van der Waals surface area contributed by atoms with Crippen molar-refractivity contribution >= 4 is 28.5 Å². The van der Waals surface area contributed by atoms with Crippen molar-refractivity contribution in [2.45, 2.75) is 18.9 Å². The van der Waals surface area contributed by atoms with Crippen LogP contribution in [0.2, 0.25) is 5.02 Å². The van der Waals surface area contributed by atoms with E-state index >= 15 is 0 Å². The average Bonchev–Trinajstić information content (AvgIpc) is 3.12. The first-order valence-electron chi connectivity index (χ1n) is 8.34. The number of para-hydroxylation sites is 1. The molecule has 0 spiro atoms. The monoisotopic (exact) mass is 355 g/mol. The van der Waals surface area contributed by atoms with Crippen LogP contribution in [0.25, 0.3) is 11.0 Å². The molecular formula is C19H18ClN3O2. The highest BCUT2D eigenvalue weighted by Crippen LogP contribution is 2.23. The molecule has 0 atom stereocenters. The molecule has 2 aromatic carbocycles. The third-order valence-electron chi connectivity index (χ3n) is 4.53. The maximum Gasteiger partial charge on any atom is 0.256 e. The van der Waals surface area contributed by atoms with Crippen molar-refractivity contribution in [3.05, 3.63) is 59.4 Å². The summed E-state index contributed by atoms with van der Waals surface area (Å²) < 4.78 is 5.99. The van der Waals surface area contributed by atoms with E-state index in [9.17, 15) is 4.79 Å². The van der Waals surface area contributed by atoms with Crippen LogP contribution in [0.4, 0.5) is 0 Å². The molecule has 1 aromatic heterocycles. The Morgan fingerprint density at radius 3 is 2.68 bits per heavy atom. The fraction of sp³-hybridized carbons (Fsp3) is 0.263. The SMILES string of the molecule is O=C(c1cccc2[nH]cnc12)N1CCC(Oc2ccc(Cl)cc2)CC1. The number of H-pyrrole nitrogens is 1. The lowest BCUT2D eigenvalue weighted by Gasteiger charge is -2.32. The predicted molar refractivity (Wildman–Crippen MR) is 97.1 cm³/mol. The fourth-order valence-corrected chi connectivity index (χ4v) is 3.32. The van der Waals surface area contributed by atoms with Gasteiger partial charge in [-0.1, -0.05) is 17.7 Å². The van der Waals surface area contributed by atoms with E-state index in [1.54, 1.807) is 6.33 Å². The molecule has 1 amide bonds. The average molecular weight is 356 g/mol. The molecule has 1 N–H and O–H groups in total. The van der Waals surface area contributed by atoms with Crippen LogP contribution in [-0.4, -0.2) is 40.0 Å². The third kappa shape index (κ3) is 3.33. The molecule has 2 heterocycles. The Bertz CT molecular complexity index is 883. The van der Waals surface area contributed by atoms with Crippen molar-refractivity contribution in [1.29, 1.82) is 0 Å². The number of imidazole rings is 1. The van der Waals surface area contributed by atoms with Gasteiger partial charge in [-0.3, -0.25) is 4.79 Å². The van der Waals surface area contributed by atoms with Gasteiger partial charge in [-0.25, -0.2) is 4.98 Å². The van der Waals surface area contributed by atoms with Gasteiger partial charge >= 0.3 is 0 Å². The van der Waals surface area contributed by atoms with Gasteiger partial charge in [0.05, 0.1) is 17.4 Å². The number of amides is 1. The second kappa shape index (κ2) is 6.76. The number of aromatic amines is 1. The van der Waals surface area contributed by atoms with Crippen molar-refractivity contribution < 1.29 is 9.53 Å². The zero-order valence-corrected chi connectivity index (χ0v) is 14.4. The first kappa shape index (κ1) is 16.0. The Balaban J connectivity index is 1.40. The number of benzene rings is 2. The van der Waals surface area contributed by atoms with Crippen molar-refractivity contribution in [3.63, 3.8) is 0 Å². The lowest BCUT2D eigenvalue weighted by atomic mass is 10.1. The quantitative estimate of drug-likeness (QED) is 0.775. The predicted octanol–water partition coefficient (Wildman–Crippen LogP) is 3.90. The smallest absolute Gasteiger partial charge is 0.256 e. The number of carbonyl (C=O) groups excluding carboxylic acids is 1. The molecule has 1 aliphatic rings. The number of carbonyl (C=O) groups is 1. The van der Waals surface area contributed by atoms with Crippen LogP contribution in [0, 0.1) is 0 Å². The summed E-state index contributed by atoms with van der Waals surface area (Å²) in [5.41, 5.74) is 2.26. The fourth-order valence-electron chi connectivity index (χ4n) is 3.19. The number of nitrogens with zero attached hydrogens (tertiary/aromatic N) is 2. The van der Waals surface area contributed by atoms with Crippen LogP contribution in [0.5, 0.6) is 5.75 Å². The summed E-state index contributed by atoms with van der Waals surface area (Å²) in [7, 11) is 0. The van der Waals surface area contributed by atoms with Crippen molar-refractivity contribution in [2.75, 3.05) is 13.1 Å². The third-order valence-corrected chi connectivity index (χ3v) is 4.78. The Morgan fingerprint density at radius 1 is 1.16 bits per heavy atom. The number of aromatic nitrogens is 2. The van der Waals surface area contributed by atoms with E-state index in [1.165, 1.54) is 0 Å². The molecule has 0 unspecified atom stereocenters. The van der Waals surface area contributed by atoms with Crippen molar-refractivity contribution in [3.8, 4) is 5.75 Å². The van der Waals surface area contributed by atoms with Crippen molar-refractivity contribution in [1.82, 2.24) is 14.9 Å². The summed E-state index contributed by atoms with van der Waals surface area (Å²) in [5, 5.41) is 0.695. The summed E-state index contributed by atoms with van der Waals surface area (Å²) in [6.45, 7) is 1.36. The van der Waals surface area contributed by atoms with E-state index in [4.69, 9.17) is 16.3 Å². The molecule has 1 saturated heterocycles. The maximum atomic E-state index is 12.8. The van der Waals surface area contributed by atoms with Gasteiger partial charge in [0.2, 0.25) is 0 Å². The van der Waals surface area contributed by atoms with Gasteiger partial charge in [0.25, 0.3) is 5.91 Å². The molecular weight excluding hydrogens is 338 g/mol. The number of halogens is 1. The first-order valence-corrected chi connectivity index (χ1v) is 8.72. The number of piperidine rings is 1. The topological polar surface area (TPSA) is 58.2 Å². The Labute approximate surface area is 150 Å². The zero-order chi connectivity index (χ0) is 17.2. The van der Waals surface area contributed by atoms with Crippen LogP contribution in [0.15, 0.2) is 48.8 Å². The van der Waals surface area contributed by atoms with E-state index in [0.717, 1.165) is 29.6 Å². The summed E-state index contributed by atoms with van der Waals surface area (Å²) in [4.78, 5) is 22.0. The minimum absolute atomic E-state index is 0.0302. The lowest BCUT2D eigenvalue weighted by molar-refractivity contribution is 0.0597. The van der Waals surface area contributed by atoms with Gasteiger partial charge in [-0.05, 0) is 36.4 Å². The minimum atomic E-state index is 0.0302. The molecule has 1 fully saturated rings. The molecule has 0 radical (unpaired) electrons. The second-order valence-corrected chi connectivity index (χ2v) is 6.60. The number of fused-ring (bicyclic) bond motifs is 1. The number of hydrogen-bond acceptors (Lipinski definition) is 3. The van der Waals surface area contributed by atoms with Gasteiger partial charge in [-0.15, -0.1) is 0 Å². The highest BCUT2D eigenvalue weighted by atomic mass is 35.5. The van der Waals surface area contributed by atoms with Crippen molar-refractivity contribution in [2.24, 2.45) is 0 Å². The number of nitrogens with one attached hydrogen (secondary N) is 1. The van der Waals surface area contributed by atoms with Crippen LogP contribution in [-0.2, 0) is 0 Å². The molecule has 3 aromatic rings.